The standard InChI is InChI=1S/C39H36ClN5O4S/c1-25-34(39(48)45(29-8-10-31(46)11-9-29)37-14-12-32(22-41)50-37)21-36(42(25)2)35-20-28(40)7-13-33(35)38(47)44-23-27-6-4-3-5-26(27)19-30(44)24-43-15-17-49-18-16-43/h3-14,20-21,30,46H,15-19,23-24H2,1-2H3/t30-/m0/s1. The number of phenolic OH excluding ortho intramolecular Hbond substituents is 1. The van der Waals surface area contributed by atoms with Gasteiger partial charge in [-0.15, -0.1) is 11.3 Å². The topological polar surface area (TPSA) is 102 Å². The number of aromatic nitrogens is 1. The van der Waals surface area contributed by atoms with Gasteiger partial charge in [0.05, 0.1) is 24.5 Å². The van der Waals surface area contributed by atoms with E-state index in [2.05, 4.69) is 29.2 Å². The summed E-state index contributed by atoms with van der Waals surface area (Å²) in [5, 5.41) is 20.5. The van der Waals surface area contributed by atoms with Crippen LogP contribution in [-0.4, -0.2) is 70.2 Å². The minimum absolute atomic E-state index is 0.0331. The molecule has 2 amide bonds. The van der Waals surface area contributed by atoms with Crippen molar-refractivity contribution in [2.75, 3.05) is 37.7 Å². The van der Waals surface area contributed by atoms with Gasteiger partial charge in [-0.25, -0.2) is 0 Å². The van der Waals surface area contributed by atoms with Crippen molar-refractivity contribution in [2.45, 2.75) is 25.9 Å². The van der Waals surface area contributed by atoms with Crippen LogP contribution in [0.25, 0.3) is 11.3 Å². The SMILES string of the molecule is Cc1c(C(=O)N(c2ccc(O)cc2)c2ccc(C#N)s2)cc(-c2cc(Cl)ccc2C(=O)N2Cc3ccccc3C[C@H]2CN2CCOCC2)n1C. The minimum atomic E-state index is -0.311. The Bertz CT molecular complexity index is 2110. The number of morpholine rings is 1. The number of ether oxygens (including phenoxy) is 1. The van der Waals surface area contributed by atoms with Gasteiger partial charge in [-0.1, -0.05) is 35.9 Å². The van der Waals surface area contributed by atoms with Gasteiger partial charge in [-0.3, -0.25) is 19.4 Å². The summed E-state index contributed by atoms with van der Waals surface area (Å²) < 4.78 is 7.51. The number of hydrogen-bond acceptors (Lipinski definition) is 7. The van der Waals surface area contributed by atoms with E-state index in [9.17, 15) is 20.0 Å². The largest absolute Gasteiger partial charge is 0.508 e. The average Bonchev–Trinajstić information content (AvgIpc) is 3.72. The van der Waals surface area contributed by atoms with Crippen LogP contribution < -0.4 is 4.90 Å². The van der Waals surface area contributed by atoms with Gasteiger partial charge in [0.1, 0.15) is 21.7 Å². The lowest BCUT2D eigenvalue weighted by atomic mass is 9.92. The number of nitrogens with zero attached hydrogens (tertiary/aromatic N) is 5. The fourth-order valence-electron chi connectivity index (χ4n) is 6.89. The Hall–Kier alpha value is -4.92. The van der Waals surface area contributed by atoms with Crippen LogP contribution in [0.5, 0.6) is 5.75 Å². The highest BCUT2D eigenvalue weighted by atomic mass is 35.5. The normalized spacial score (nSPS) is 16.1. The van der Waals surface area contributed by atoms with E-state index in [1.807, 2.05) is 35.6 Å². The molecule has 7 rings (SSSR count). The number of amides is 2. The quantitative estimate of drug-likeness (QED) is 0.193. The lowest BCUT2D eigenvalue weighted by molar-refractivity contribution is 0.0193. The van der Waals surface area contributed by atoms with Gasteiger partial charge < -0.3 is 19.3 Å². The van der Waals surface area contributed by atoms with Crippen LogP contribution in [0.15, 0.2) is 84.9 Å². The van der Waals surface area contributed by atoms with Crippen LogP contribution in [0.4, 0.5) is 10.7 Å². The molecule has 1 N–H and O–H groups in total. The summed E-state index contributed by atoms with van der Waals surface area (Å²) in [6.07, 6.45) is 0.757. The summed E-state index contributed by atoms with van der Waals surface area (Å²) in [6.45, 7) is 6.14. The summed E-state index contributed by atoms with van der Waals surface area (Å²) in [4.78, 5) is 35.6. The fraction of sp³-hybridized carbons (Fsp3) is 0.256. The van der Waals surface area contributed by atoms with Crippen LogP contribution >= 0.6 is 22.9 Å². The zero-order chi connectivity index (χ0) is 34.9. The maximum atomic E-state index is 14.8. The zero-order valence-corrected chi connectivity index (χ0v) is 29.4. The molecule has 3 aromatic carbocycles. The molecular weight excluding hydrogens is 670 g/mol. The summed E-state index contributed by atoms with van der Waals surface area (Å²) in [5.41, 5.74) is 5.88. The van der Waals surface area contributed by atoms with Gasteiger partial charge in [0, 0.05) is 66.8 Å². The predicted octanol–water partition coefficient (Wildman–Crippen LogP) is 7.17. The summed E-state index contributed by atoms with van der Waals surface area (Å²) in [5.74, 6) is -0.329. The Morgan fingerprint density at radius 2 is 1.74 bits per heavy atom. The fourth-order valence-corrected chi connectivity index (χ4v) is 7.88. The van der Waals surface area contributed by atoms with E-state index in [0.717, 1.165) is 31.6 Å². The number of aromatic hydroxyl groups is 1. The number of rotatable bonds is 7. The summed E-state index contributed by atoms with van der Waals surface area (Å²) >= 11 is 7.81. The second-order valence-electron chi connectivity index (χ2n) is 12.7. The molecule has 0 spiro atoms. The van der Waals surface area contributed by atoms with Crippen molar-refractivity contribution in [1.82, 2.24) is 14.4 Å². The number of hydrogen-bond donors (Lipinski definition) is 1. The maximum Gasteiger partial charge on any atom is 0.265 e. The van der Waals surface area contributed by atoms with Crippen molar-refractivity contribution < 1.29 is 19.4 Å². The molecule has 9 nitrogen and oxygen atoms in total. The first-order valence-corrected chi connectivity index (χ1v) is 17.7. The Labute approximate surface area is 300 Å². The molecule has 0 radical (unpaired) electrons. The second kappa shape index (κ2) is 14.1. The molecule has 50 heavy (non-hydrogen) atoms. The van der Waals surface area contributed by atoms with Gasteiger partial charge in [-0.05, 0) is 85.1 Å². The third kappa shape index (κ3) is 6.53. The molecule has 5 aromatic rings. The van der Waals surface area contributed by atoms with Crippen molar-refractivity contribution in [3.63, 3.8) is 0 Å². The highest BCUT2D eigenvalue weighted by molar-refractivity contribution is 7.16. The number of carbonyl (C=O) groups is 2. The third-order valence-electron chi connectivity index (χ3n) is 9.68. The second-order valence-corrected chi connectivity index (χ2v) is 14.2. The third-order valence-corrected chi connectivity index (χ3v) is 10.9. The van der Waals surface area contributed by atoms with Crippen molar-refractivity contribution in [1.29, 1.82) is 5.26 Å². The Kier molecular flexibility index (Phi) is 9.49. The number of halogens is 1. The van der Waals surface area contributed by atoms with E-state index in [4.69, 9.17) is 16.3 Å². The Morgan fingerprint density at radius 1 is 1.00 bits per heavy atom. The smallest absolute Gasteiger partial charge is 0.265 e. The van der Waals surface area contributed by atoms with E-state index >= 15 is 0 Å². The molecule has 2 aromatic heterocycles. The molecule has 1 saturated heterocycles. The van der Waals surface area contributed by atoms with E-state index in [-0.39, 0.29) is 23.6 Å². The monoisotopic (exact) mass is 705 g/mol. The lowest BCUT2D eigenvalue weighted by Gasteiger charge is -2.40. The molecule has 2 aliphatic heterocycles. The van der Waals surface area contributed by atoms with Crippen molar-refractivity contribution in [2.24, 2.45) is 7.05 Å². The Balaban J connectivity index is 1.27. The summed E-state index contributed by atoms with van der Waals surface area (Å²) in [7, 11) is 1.87. The average molecular weight is 706 g/mol. The number of fused-ring (bicyclic) bond motifs is 1. The van der Waals surface area contributed by atoms with Crippen LogP contribution in [0, 0.1) is 18.3 Å². The molecule has 0 saturated carbocycles. The first-order valence-electron chi connectivity index (χ1n) is 16.5. The number of nitriles is 1. The van der Waals surface area contributed by atoms with E-state index in [1.165, 1.54) is 29.0 Å². The summed E-state index contributed by atoms with van der Waals surface area (Å²) in [6, 6.07) is 27.3. The van der Waals surface area contributed by atoms with E-state index in [1.54, 1.807) is 47.4 Å². The number of carbonyl (C=O) groups excluding carboxylic acids is 2. The molecule has 11 heteroatoms. The molecule has 0 aliphatic carbocycles. The molecule has 1 fully saturated rings. The number of thiophene rings is 1. The molecule has 1 atom stereocenters. The number of benzene rings is 3. The molecule has 0 bridgehead atoms. The van der Waals surface area contributed by atoms with Gasteiger partial charge >= 0.3 is 0 Å². The van der Waals surface area contributed by atoms with Crippen molar-refractivity contribution in [3.05, 3.63) is 123 Å². The minimum Gasteiger partial charge on any atom is -0.508 e. The molecular formula is C39H36ClN5O4S. The van der Waals surface area contributed by atoms with Gasteiger partial charge in [0.15, 0.2) is 0 Å². The first kappa shape index (κ1) is 33.6. The van der Waals surface area contributed by atoms with Gasteiger partial charge in [0.2, 0.25) is 0 Å². The van der Waals surface area contributed by atoms with Crippen molar-refractivity contribution in [3.8, 4) is 23.1 Å². The van der Waals surface area contributed by atoms with Gasteiger partial charge in [0.25, 0.3) is 11.8 Å². The van der Waals surface area contributed by atoms with Crippen molar-refractivity contribution >= 4 is 45.4 Å². The Morgan fingerprint density at radius 3 is 2.46 bits per heavy atom. The van der Waals surface area contributed by atoms with E-state index < -0.39 is 0 Å². The number of anilines is 2. The molecule has 2 aliphatic rings. The van der Waals surface area contributed by atoms with Gasteiger partial charge in [-0.2, -0.15) is 5.26 Å². The highest BCUT2D eigenvalue weighted by Crippen LogP contribution is 2.38. The number of phenols is 1. The van der Waals surface area contributed by atoms with E-state index in [0.29, 0.717) is 68.4 Å². The van der Waals surface area contributed by atoms with Crippen LogP contribution in [0.1, 0.15) is 42.4 Å². The molecule has 254 valence electrons. The first-order chi connectivity index (χ1) is 24.2. The zero-order valence-electron chi connectivity index (χ0n) is 27.8. The van der Waals surface area contributed by atoms with Crippen LogP contribution in [0.2, 0.25) is 5.02 Å². The lowest BCUT2D eigenvalue weighted by Crippen LogP contribution is -2.52. The molecule has 4 heterocycles. The van der Waals surface area contributed by atoms with Crippen LogP contribution in [0.3, 0.4) is 0 Å². The molecule has 0 unspecified atom stereocenters. The predicted molar refractivity (Wildman–Crippen MR) is 195 cm³/mol. The van der Waals surface area contributed by atoms with Crippen LogP contribution in [-0.2, 0) is 24.8 Å². The maximum absolute atomic E-state index is 14.8. The highest BCUT2D eigenvalue weighted by Gasteiger charge is 2.34.